The Morgan fingerprint density at radius 1 is 1.05 bits per heavy atom. The lowest BCUT2D eigenvalue weighted by atomic mass is 10.2. The van der Waals surface area contributed by atoms with E-state index in [1.54, 1.807) is 30.3 Å². The van der Waals surface area contributed by atoms with E-state index in [9.17, 15) is 9.50 Å². The Hall–Kier alpha value is -2.46. The van der Waals surface area contributed by atoms with Crippen molar-refractivity contribution in [1.29, 1.82) is 0 Å². The summed E-state index contributed by atoms with van der Waals surface area (Å²) in [5.74, 6) is -0.0127. The molecule has 2 aromatic carbocycles. The number of nitrogens with zero attached hydrogens (tertiary/aromatic N) is 1. The van der Waals surface area contributed by atoms with Gasteiger partial charge in [-0.05, 0) is 48.0 Å². The molecular weight excluding hydrogens is 285 g/mol. The summed E-state index contributed by atoms with van der Waals surface area (Å²) in [5.41, 5.74) is 2.63. The number of rotatable bonds is 3. The van der Waals surface area contributed by atoms with Crippen LogP contribution in [-0.4, -0.2) is 10.1 Å². The third-order valence-electron chi connectivity index (χ3n) is 2.95. The molecule has 1 N–H and O–H groups in total. The van der Waals surface area contributed by atoms with Crippen LogP contribution in [0.2, 0.25) is 0 Å². The highest BCUT2D eigenvalue weighted by Crippen LogP contribution is 2.23. The van der Waals surface area contributed by atoms with Gasteiger partial charge in [-0.25, -0.2) is 9.37 Å². The monoisotopic (exact) mass is 297 g/mol. The average molecular weight is 297 g/mol. The Kier molecular flexibility index (Phi) is 3.79. The first-order valence-corrected chi connectivity index (χ1v) is 7.27. The summed E-state index contributed by atoms with van der Waals surface area (Å²) in [5, 5.41) is 12.2. The number of aromatic hydroxyl groups is 1. The molecule has 2 nitrogen and oxygen atoms in total. The highest BCUT2D eigenvalue weighted by molar-refractivity contribution is 7.10. The first-order chi connectivity index (χ1) is 10.2. The molecule has 0 amide bonds. The van der Waals surface area contributed by atoms with Gasteiger partial charge in [0.05, 0.1) is 5.69 Å². The van der Waals surface area contributed by atoms with Crippen LogP contribution in [0.5, 0.6) is 5.75 Å². The second kappa shape index (κ2) is 5.89. The van der Waals surface area contributed by atoms with Crippen LogP contribution in [0.15, 0.2) is 53.9 Å². The number of phenolic OH excluding ortho intramolecular Hbond substituents is 1. The molecule has 3 aromatic rings. The molecule has 0 aliphatic rings. The van der Waals surface area contributed by atoms with Crippen molar-refractivity contribution in [1.82, 2.24) is 4.98 Å². The van der Waals surface area contributed by atoms with Gasteiger partial charge in [0, 0.05) is 10.9 Å². The van der Waals surface area contributed by atoms with Gasteiger partial charge in [-0.2, -0.15) is 0 Å². The van der Waals surface area contributed by atoms with Crippen molar-refractivity contribution in [3.8, 4) is 17.0 Å². The molecular formula is C17H12FNOS. The van der Waals surface area contributed by atoms with Gasteiger partial charge in [0.15, 0.2) is 0 Å². The topological polar surface area (TPSA) is 33.1 Å². The van der Waals surface area contributed by atoms with E-state index in [1.165, 1.54) is 23.5 Å². The second-order valence-electron chi connectivity index (χ2n) is 4.51. The molecule has 0 atom stereocenters. The van der Waals surface area contributed by atoms with Crippen LogP contribution in [0.3, 0.4) is 0 Å². The molecule has 0 fully saturated rings. The average Bonchev–Trinajstić information content (AvgIpc) is 2.95. The molecule has 104 valence electrons. The summed E-state index contributed by atoms with van der Waals surface area (Å²) in [6.07, 6.45) is 3.79. The zero-order valence-corrected chi connectivity index (χ0v) is 11.8. The van der Waals surface area contributed by atoms with E-state index in [2.05, 4.69) is 4.98 Å². The predicted octanol–water partition coefficient (Wildman–Crippen LogP) is 4.83. The number of aromatic nitrogens is 1. The molecule has 1 heterocycles. The summed E-state index contributed by atoms with van der Waals surface area (Å²) >= 11 is 1.52. The van der Waals surface area contributed by atoms with Crippen LogP contribution in [0.4, 0.5) is 4.39 Å². The van der Waals surface area contributed by atoms with Crippen molar-refractivity contribution in [2.24, 2.45) is 0 Å². The van der Waals surface area contributed by atoms with Gasteiger partial charge in [-0.15, -0.1) is 11.3 Å². The maximum atomic E-state index is 12.9. The first kappa shape index (κ1) is 13.5. The fourth-order valence-electron chi connectivity index (χ4n) is 1.91. The lowest BCUT2D eigenvalue weighted by Gasteiger charge is -1.95. The zero-order chi connectivity index (χ0) is 14.7. The van der Waals surface area contributed by atoms with Crippen LogP contribution in [0.25, 0.3) is 23.4 Å². The molecule has 4 heteroatoms. The highest BCUT2D eigenvalue weighted by Gasteiger charge is 2.02. The fraction of sp³-hybridized carbons (Fsp3) is 0. The summed E-state index contributed by atoms with van der Waals surface area (Å²) in [6.45, 7) is 0. The molecule has 0 aliphatic heterocycles. The summed E-state index contributed by atoms with van der Waals surface area (Å²) in [4.78, 5) is 4.49. The number of thiazole rings is 1. The van der Waals surface area contributed by atoms with Crippen molar-refractivity contribution in [2.45, 2.75) is 0 Å². The smallest absolute Gasteiger partial charge is 0.123 e. The maximum absolute atomic E-state index is 12.9. The SMILES string of the molecule is Oc1cccc(C=Cc2nc(-c3ccc(F)cc3)cs2)c1. The van der Waals surface area contributed by atoms with Crippen molar-refractivity contribution >= 4 is 23.5 Å². The third-order valence-corrected chi connectivity index (χ3v) is 3.76. The van der Waals surface area contributed by atoms with E-state index in [1.807, 2.05) is 23.6 Å². The second-order valence-corrected chi connectivity index (χ2v) is 5.40. The number of hydrogen-bond donors (Lipinski definition) is 1. The quantitative estimate of drug-likeness (QED) is 0.751. The van der Waals surface area contributed by atoms with Gasteiger partial charge in [-0.1, -0.05) is 18.2 Å². The van der Waals surface area contributed by atoms with Crippen LogP contribution >= 0.6 is 11.3 Å². The molecule has 0 saturated carbocycles. The molecule has 0 bridgehead atoms. The Balaban J connectivity index is 1.80. The van der Waals surface area contributed by atoms with Gasteiger partial charge in [0.1, 0.15) is 16.6 Å². The van der Waals surface area contributed by atoms with Crippen LogP contribution in [0.1, 0.15) is 10.6 Å². The highest BCUT2D eigenvalue weighted by atomic mass is 32.1. The standard InChI is InChI=1S/C17H12FNOS/c18-14-7-5-13(6-8-14)16-11-21-17(19-16)9-4-12-2-1-3-15(20)10-12/h1-11,20H. The van der Waals surface area contributed by atoms with E-state index < -0.39 is 0 Å². The summed E-state index contributed by atoms with van der Waals surface area (Å²) < 4.78 is 12.9. The molecule has 1 aromatic heterocycles. The number of halogens is 1. The van der Waals surface area contributed by atoms with Gasteiger partial charge >= 0.3 is 0 Å². The number of benzene rings is 2. The van der Waals surface area contributed by atoms with Crippen molar-refractivity contribution < 1.29 is 9.50 Å². The van der Waals surface area contributed by atoms with E-state index in [0.717, 1.165) is 21.8 Å². The molecule has 0 aliphatic carbocycles. The predicted molar refractivity (Wildman–Crippen MR) is 84.5 cm³/mol. The Morgan fingerprint density at radius 2 is 1.86 bits per heavy atom. The molecule has 3 rings (SSSR count). The van der Waals surface area contributed by atoms with E-state index >= 15 is 0 Å². The van der Waals surface area contributed by atoms with E-state index in [0.29, 0.717) is 0 Å². The van der Waals surface area contributed by atoms with Crippen LogP contribution < -0.4 is 0 Å². The van der Waals surface area contributed by atoms with Crippen molar-refractivity contribution in [3.63, 3.8) is 0 Å². The molecule has 0 spiro atoms. The van der Waals surface area contributed by atoms with Crippen LogP contribution in [-0.2, 0) is 0 Å². The molecule has 0 radical (unpaired) electrons. The summed E-state index contributed by atoms with van der Waals surface area (Å²) in [6, 6.07) is 13.3. The van der Waals surface area contributed by atoms with Gasteiger partial charge in [0.25, 0.3) is 0 Å². The van der Waals surface area contributed by atoms with Gasteiger partial charge in [-0.3, -0.25) is 0 Å². The van der Waals surface area contributed by atoms with E-state index in [4.69, 9.17) is 0 Å². The normalized spacial score (nSPS) is 11.1. The largest absolute Gasteiger partial charge is 0.508 e. The van der Waals surface area contributed by atoms with E-state index in [-0.39, 0.29) is 11.6 Å². The minimum atomic E-state index is -0.252. The first-order valence-electron chi connectivity index (χ1n) is 6.39. The maximum Gasteiger partial charge on any atom is 0.123 e. The molecule has 0 saturated heterocycles. The lowest BCUT2D eigenvalue weighted by Crippen LogP contribution is -1.79. The number of phenols is 1. The minimum Gasteiger partial charge on any atom is -0.508 e. The van der Waals surface area contributed by atoms with Crippen LogP contribution in [0, 0.1) is 5.82 Å². The van der Waals surface area contributed by atoms with Gasteiger partial charge in [0.2, 0.25) is 0 Å². The van der Waals surface area contributed by atoms with Gasteiger partial charge < -0.3 is 5.11 Å². The Bertz CT molecular complexity index is 777. The third kappa shape index (κ3) is 3.35. The fourth-order valence-corrected chi connectivity index (χ4v) is 2.63. The molecule has 21 heavy (non-hydrogen) atoms. The Labute approximate surface area is 125 Å². The van der Waals surface area contributed by atoms with Crippen molar-refractivity contribution in [2.75, 3.05) is 0 Å². The Morgan fingerprint density at radius 3 is 2.62 bits per heavy atom. The minimum absolute atomic E-state index is 0.239. The number of hydrogen-bond acceptors (Lipinski definition) is 3. The summed E-state index contributed by atoms with van der Waals surface area (Å²) in [7, 11) is 0. The van der Waals surface area contributed by atoms with Crippen molar-refractivity contribution in [3.05, 3.63) is 70.3 Å². The molecule has 0 unspecified atom stereocenters. The zero-order valence-electron chi connectivity index (χ0n) is 11.0. The lowest BCUT2D eigenvalue weighted by molar-refractivity contribution is 0.475.